The van der Waals surface area contributed by atoms with Gasteiger partial charge in [0.2, 0.25) is 0 Å². The third kappa shape index (κ3) is 19.4. The van der Waals surface area contributed by atoms with Crippen LogP contribution in [0.15, 0.2) is 24.3 Å². The van der Waals surface area contributed by atoms with Gasteiger partial charge in [0.1, 0.15) is 0 Å². The molecule has 21 heavy (non-hydrogen) atoms. The molecule has 0 spiro atoms. The van der Waals surface area contributed by atoms with E-state index < -0.39 is 0 Å². The Morgan fingerprint density at radius 3 is 1.48 bits per heavy atom. The molecule has 0 aliphatic carbocycles. The van der Waals surface area contributed by atoms with Crippen molar-refractivity contribution in [2.24, 2.45) is 0 Å². The van der Waals surface area contributed by atoms with Gasteiger partial charge in [-0.15, -0.1) is 0 Å². The first-order valence-corrected chi connectivity index (χ1v) is 9.34. The molecule has 0 saturated heterocycles. The molecule has 0 rings (SSSR count). The van der Waals surface area contributed by atoms with Crippen LogP contribution in [0.2, 0.25) is 0 Å². The van der Waals surface area contributed by atoms with E-state index in [4.69, 9.17) is 5.11 Å². The average Bonchev–Trinajstić information content (AvgIpc) is 2.50. The molecule has 0 bridgehead atoms. The van der Waals surface area contributed by atoms with Crippen LogP contribution in [-0.2, 0) is 0 Å². The van der Waals surface area contributed by atoms with Crippen molar-refractivity contribution in [1.82, 2.24) is 0 Å². The molecular formula is C20H38O. The van der Waals surface area contributed by atoms with Gasteiger partial charge in [-0.05, 0) is 19.3 Å². The summed E-state index contributed by atoms with van der Waals surface area (Å²) in [6, 6.07) is 0. The highest BCUT2D eigenvalue weighted by Crippen LogP contribution is 2.12. The molecule has 0 amide bonds. The smallest absolute Gasteiger partial charge is 0.0465 e. The van der Waals surface area contributed by atoms with E-state index in [9.17, 15) is 0 Å². The Morgan fingerprint density at radius 2 is 1.00 bits per heavy atom. The molecule has 0 atom stereocenters. The predicted octanol–water partition coefficient (Wildman–Crippen LogP) is 6.57. The highest BCUT2D eigenvalue weighted by molar-refractivity contribution is 5.02. The molecule has 1 nitrogen and oxygen atoms in total. The Morgan fingerprint density at radius 1 is 0.571 bits per heavy atom. The quantitative estimate of drug-likeness (QED) is 0.252. The van der Waals surface area contributed by atoms with Gasteiger partial charge < -0.3 is 5.11 Å². The van der Waals surface area contributed by atoms with Crippen molar-refractivity contribution in [1.29, 1.82) is 0 Å². The van der Waals surface area contributed by atoms with Crippen LogP contribution in [0.4, 0.5) is 0 Å². The number of hydrogen-bond donors (Lipinski definition) is 1. The standard InChI is InChI=1S/C20H38O/c1-2-3-4-5-6-7-8-9-10-11-12-13-14-15-16-17-18-19-20-21/h15-18,21H,2-14,19-20H2,1H3. The number of aliphatic hydroxyl groups is 1. The highest BCUT2D eigenvalue weighted by atomic mass is 16.2. The molecule has 1 N–H and O–H groups in total. The van der Waals surface area contributed by atoms with Crippen LogP contribution in [0.1, 0.15) is 96.8 Å². The van der Waals surface area contributed by atoms with Crippen molar-refractivity contribution < 1.29 is 5.11 Å². The molecule has 0 aliphatic heterocycles. The molecule has 1 heteroatoms. The van der Waals surface area contributed by atoms with Crippen LogP contribution < -0.4 is 0 Å². The molecular weight excluding hydrogens is 256 g/mol. The van der Waals surface area contributed by atoms with Crippen molar-refractivity contribution in [2.45, 2.75) is 96.8 Å². The maximum Gasteiger partial charge on any atom is 0.0465 e. The lowest BCUT2D eigenvalue weighted by atomic mass is 10.0. The number of hydrogen-bond acceptors (Lipinski definition) is 1. The fourth-order valence-corrected chi connectivity index (χ4v) is 2.53. The maximum atomic E-state index is 8.62. The lowest BCUT2D eigenvalue weighted by Crippen LogP contribution is -1.82. The van der Waals surface area contributed by atoms with E-state index in [1.165, 1.54) is 83.5 Å². The maximum absolute atomic E-state index is 8.62. The lowest BCUT2D eigenvalue weighted by Gasteiger charge is -2.02. The summed E-state index contributed by atoms with van der Waals surface area (Å²) in [6.45, 7) is 2.53. The van der Waals surface area contributed by atoms with Crippen molar-refractivity contribution in [3.05, 3.63) is 24.3 Å². The Kier molecular flexibility index (Phi) is 18.9. The van der Waals surface area contributed by atoms with Crippen LogP contribution in [0.5, 0.6) is 0 Å². The monoisotopic (exact) mass is 294 g/mol. The summed E-state index contributed by atoms with van der Waals surface area (Å²) < 4.78 is 0. The Balaban J connectivity index is 3.05. The van der Waals surface area contributed by atoms with Gasteiger partial charge in [0, 0.05) is 6.61 Å². The Bertz CT molecular complexity index is 230. The SMILES string of the molecule is CCCCCCCCCCCCCCC=CC=CCCO. The van der Waals surface area contributed by atoms with Crippen molar-refractivity contribution >= 4 is 0 Å². The van der Waals surface area contributed by atoms with Crippen molar-refractivity contribution in [3.63, 3.8) is 0 Å². The lowest BCUT2D eigenvalue weighted by molar-refractivity contribution is 0.302. The summed E-state index contributed by atoms with van der Waals surface area (Å²) >= 11 is 0. The first-order chi connectivity index (χ1) is 10.4. The predicted molar refractivity (Wildman–Crippen MR) is 95.7 cm³/mol. The van der Waals surface area contributed by atoms with E-state index >= 15 is 0 Å². The van der Waals surface area contributed by atoms with E-state index in [1.54, 1.807) is 0 Å². The van der Waals surface area contributed by atoms with Gasteiger partial charge in [0.15, 0.2) is 0 Å². The molecule has 0 radical (unpaired) electrons. The molecule has 124 valence electrons. The number of unbranched alkanes of at least 4 members (excludes halogenated alkanes) is 12. The zero-order valence-corrected chi connectivity index (χ0v) is 14.4. The number of rotatable bonds is 16. The second-order valence-corrected chi connectivity index (χ2v) is 6.05. The topological polar surface area (TPSA) is 20.2 Å². The summed E-state index contributed by atoms with van der Waals surface area (Å²) in [7, 11) is 0. The molecule has 0 fully saturated rings. The summed E-state index contributed by atoms with van der Waals surface area (Å²) in [5.41, 5.74) is 0. The first kappa shape index (κ1) is 20.4. The zero-order chi connectivity index (χ0) is 15.4. The molecule has 0 aromatic carbocycles. The fraction of sp³-hybridized carbons (Fsp3) is 0.800. The molecule has 0 saturated carbocycles. The van der Waals surface area contributed by atoms with Gasteiger partial charge in [-0.25, -0.2) is 0 Å². The first-order valence-electron chi connectivity index (χ1n) is 9.34. The molecule has 0 aromatic heterocycles. The zero-order valence-electron chi connectivity index (χ0n) is 14.4. The van der Waals surface area contributed by atoms with Crippen LogP contribution in [-0.4, -0.2) is 11.7 Å². The summed E-state index contributed by atoms with van der Waals surface area (Å²) in [5.74, 6) is 0. The normalized spacial score (nSPS) is 11.9. The van der Waals surface area contributed by atoms with Gasteiger partial charge in [-0.3, -0.25) is 0 Å². The van der Waals surface area contributed by atoms with E-state index in [2.05, 4.69) is 19.1 Å². The minimum absolute atomic E-state index is 0.253. The average molecular weight is 295 g/mol. The summed E-state index contributed by atoms with van der Waals surface area (Å²) in [5, 5.41) is 8.62. The van der Waals surface area contributed by atoms with E-state index in [-0.39, 0.29) is 6.61 Å². The van der Waals surface area contributed by atoms with Crippen LogP contribution in [0.25, 0.3) is 0 Å². The second kappa shape index (κ2) is 19.4. The van der Waals surface area contributed by atoms with Crippen LogP contribution in [0, 0.1) is 0 Å². The summed E-state index contributed by atoms with van der Waals surface area (Å²) in [6.07, 6.45) is 27.3. The van der Waals surface area contributed by atoms with Crippen molar-refractivity contribution in [2.75, 3.05) is 6.61 Å². The minimum atomic E-state index is 0.253. The molecule has 0 unspecified atom stereocenters. The summed E-state index contributed by atoms with van der Waals surface area (Å²) in [4.78, 5) is 0. The van der Waals surface area contributed by atoms with Crippen LogP contribution in [0.3, 0.4) is 0 Å². The Hall–Kier alpha value is -0.560. The third-order valence-corrected chi connectivity index (χ3v) is 3.90. The van der Waals surface area contributed by atoms with Gasteiger partial charge in [0.25, 0.3) is 0 Å². The van der Waals surface area contributed by atoms with Crippen LogP contribution >= 0.6 is 0 Å². The van der Waals surface area contributed by atoms with Gasteiger partial charge >= 0.3 is 0 Å². The largest absolute Gasteiger partial charge is 0.396 e. The van der Waals surface area contributed by atoms with Gasteiger partial charge in [-0.1, -0.05) is 102 Å². The minimum Gasteiger partial charge on any atom is -0.396 e. The fourth-order valence-electron chi connectivity index (χ4n) is 2.53. The third-order valence-electron chi connectivity index (χ3n) is 3.90. The number of aliphatic hydroxyl groups excluding tert-OH is 1. The molecule has 0 aliphatic rings. The molecule has 0 aromatic rings. The van der Waals surface area contributed by atoms with Gasteiger partial charge in [-0.2, -0.15) is 0 Å². The van der Waals surface area contributed by atoms with Gasteiger partial charge in [0.05, 0.1) is 0 Å². The highest BCUT2D eigenvalue weighted by Gasteiger charge is 1.92. The second-order valence-electron chi connectivity index (χ2n) is 6.05. The molecule has 0 heterocycles. The van der Waals surface area contributed by atoms with E-state index in [0.29, 0.717) is 0 Å². The Labute approximate surface area is 133 Å². The van der Waals surface area contributed by atoms with E-state index in [1.807, 2.05) is 12.2 Å². The van der Waals surface area contributed by atoms with Crippen molar-refractivity contribution in [3.8, 4) is 0 Å². The number of allylic oxidation sites excluding steroid dienone is 3. The van der Waals surface area contributed by atoms with E-state index in [0.717, 1.165) is 6.42 Å².